The van der Waals surface area contributed by atoms with Crippen LogP contribution < -0.4 is 0 Å². The monoisotopic (exact) mass is 282 g/mol. The Balaban J connectivity index is 1.84. The lowest BCUT2D eigenvalue weighted by atomic mass is 9.95. The minimum Gasteiger partial charge on any atom is -0.480 e. The summed E-state index contributed by atoms with van der Waals surface area (Å²) in [6.45, 7) is 7.58. The van der Waals surface area contributed by atoms with Crippen LogP contribution in [-0.2, 0) is 4.79 Å². The molecule has 2 fully saturated rings. The van der Waals surface area contributed by atoms with Crippen LogP contribution in [0.2, 0.25) is 0 Å². The van der Waals surface area contributed by atoms with E-state index in [4.69, 9.17) is 0 Å². The van der Waals surface area contributed by atoms with Crippen LogP contribution in [0.3, 0.4) is 0 Å². The molecular formula is C16H30N2O2. The molecule has 0 aliphatic carbocycles. The Morgan fingerprint density at radius 3 is 2.45 bits per heavy atom. The number of likely N-dealkylation sites (tertiary alicyclic amines) is 2. The fourth-order valence-corrected chi connectivity index (χ4v) is 3.80. The first-order valence-corrected chi connectivity index (χ1v) is 8.40. The van der Waals surface area contributed by atoms with Gasteiger partial charge in [-0.25, -0.2) is 0 Å². The molecule has 0 aromatic carbocycles. The highest BCUT2D eigenvalue weighted by Gasteiger charge is 2.29. The molecule has 0 amide bonds. The molecule has 2 saturated heterocycles. The molecule has 2 rings (SSSR count). The summed E-state index contributed by atoms with van der Waals surface area (Å²) >= 11 is 0. The maximum absolute atomic E-state index is 11.3. The van der Waals surface area contributed by atoms with Crippen molar-refractivity contribution in [3.05, 3.63) is 0 Å². The molecule has 20 heavy (non-hydrogen) atoms. The number of aliphatic carboxylic acids is 1. The van der Waals surface area contributed by atoms with Gasteiger partial charge in [0.15, 0.2) is 0 Å². The maximum Gasteiger partial charge on any atom is 0.320 e. The quantitative estimate of drug-likeness (QED) is 0.841. The standard InChI is InChI=1S/C16H30N2O2/c1-2-15(16(19)20)18-11-7-8-14(13-18)12-17-9-5-3-4-6-10-17/h14-15H,2-13H2,1H3,(H,19,20)/t14-,15-/m1/s1. The van der Waals surface area contributed by atoms with Crippen molar-refractivity contribution in [3.8, 4) is 0 Å². The van der Waals surface area contributed by atoms with Gasteiger partial charge in [0.2, 0.25) is 0 Å². The predicted octanol–water partition coefficient (Wildman–Crippen LogP) is 2.44. The average molecular weight is 282 g/mol. The summed E-state index contributed by atoms with van der Waals surface area (Å²) in [6.07, 6.45) is 8.57. The van der Waals surface area contributed by atoms with Gasteiger partial charge in [0.05, 0.1) is 0 Å². The van der Waals surface area contributed by atoms with Crippen LogP contribution in [0.25, 0.3) is 0 Å². The third-order valence-electron chi connectivity index (χ3n) is 4.88. The molecule has 2 heterocycles. The highest BCUT2D eigenvalue weighted by molar-refractivity contribution is 5.73. The van der Waals surface area contributed by atoms with E-state index in [-0.39, 0.29) is 6.04 Å². The van der Waals surface area contributed by atoms with Gasteiger partial charge in [-0.05, 0) is 57.7 Å². The van der Waals surface area contributed by atoms with Crippen LogP contribution in [0.15, 0.2) is 0 Å². The lowest BCUT2D eigenvalue weighted by molar-refractivity contribution is -0.144. The topological polar surface area (TPSA) is 43.8 Å². The Bertz CT molecular complexity index is 301. The third-order valence-corrected chi connectivity index (χ3v) is 4.88. The van der Waals surface area contributed by atoms with Gasteiger partial charge in [-0.1, -0.05) is 19.8 Å². The molecule has 116 valence electrons. The lowest BCUT2D eigenvalue weighted by Gasteiger charge is -2.38. The van der Waals surface area contributed by atoms with Crippen molar-refractivity contribution in [2.45, 2.75) is 57.9 Å². The Kier molecular flexibility index (Phi) is 6.30. The Morgan fingerprint density at radius 2 is 1.85 bits per heavy atom. The summed E-state index contributed by atoms with van der Waals surface area (Å²) < 4.78 is 0. The van der Waals surface area contributed by atoms with Gasteiger partial charge in [0.1, 0.15) is 6.04 Å². The van der Waals surface area contributed by atoms with E-state index in [1.807, 2.05) is 6.92 Å². The summed E-state index contributed by atoms with van der Waals surface area (Å²) in [5.41, 5.74) is 0. The summed E-state index contributed by atoms with van der Waals surface area (Å²) in [7, 11) is 0. The number of carbonyl (C=O) groups is 1. The van der Waals surface area contributed by atoms with E-state index in [0.717, 1.165) is 19.5 Å². The molecule has 4 heteroatoms. The minimum absolute atomic E-state index is 0.276. The van der Waals surface area contributed by atoms with Crippen molar-refractivity contribution in [3.63, 3.8) is 0 Å². The second-order valence-electron chi connectivity index (χ2n) is 6.48. The smallest absolute Gasteiger partial charge is 0.320 e. The summed E-state index contributed by atoms with van der Waals surface area (Å²) in [5.74, 6) is 0.0122. The summed E-state index contributed by atoms with van der Waals surface area (Å²) in [6, 6.07) is -0.276. The van der Waals surface area contributed by atoms with Gasteiger partial charge in [-0.3, -0.25) is 9.69 Å². The van der Waals surface area contributed by atoms with Crippen LogP contribution in [0, 0.1) is 5.92 Å². The number of piperidine rings is 1. The van der Waals surface area contributed by atoms with E-state index in [2.05, 4.69) is 9.80 Å². The molecule has 0 aromatic rings. The van der Waals surface area contributed by atoms with Crippen molar-refractivity contribution in [1.29, 1.82) is 0 Å². The number of hydrogen-bond donors (Lipinski definition) is 1. The normalized spacial score (nSPS) is 27.9. The van der Waals surface area contributed by atoms with Gasteiger partial charge in [0, 0.05) is 13.1 Å². The predicted molar refractivity (Wildman–Crippen MR) is 80.9 cm³/mol. The van der Waals surface area contributed by atoms with Crippen LogP contribution in [0.4, 0.5) is 0 Å². The molecule has 0 bridgehead atoms. The van der Waals surface area contributed by atoms with Crippen molar-refractivity contribution < 1.29 is 9.90 Å². The fourth-order valence-electron chi connectivity index (χ4n) is 3.80. The molecular weight excluding hydrogens is 252 g/mol. The zero-order valence-corrected chi connectivity index (χ0v) is 12.9. The van der Waals surface area contributed by atoms with E-state index in [0.29, 0.717) is 12.3 Å². The summed E-state index contributed by atoms with van der Waals surface area (Å²) in [5, 5.41) is 9.32. The Morgan fingerprint density at radius 1 is 1.15 bits per heavy atom. The third kappa shape index (κ3) is 4.45. The van der Waals surface area contributed by atoms with Gasteiger partial charge in [-0.15, -0.1) is 0 Å². The van der Waals surface area contributed by atoms with Gasteiger partial charge in [-0.2, -0.15) is 0 Å². The van der Waals surface area contributed by atoms with E-state index < -0.39 is 5.97 Å². The number of rotatable bonds is 5. The van der Waals surface area contributed by atoms with E-state index in [1.54, 1.807) is 0 Å². The highest BCUT2D eigenvalue weighted by atomic mass is 16.4. The molecule has 0 unspecified atom stereocenters. The van der Waals surface area contributed by atoms with E-state index in [9.17, 15) is 9.90 Å². The molecule has 0 radical (unpaired) electrons. The van der Waals surface area contributed by atoms with Gasteiger partial charge in [0.25, 0.3) is 0 Å². The van der Waals surface area contributed by atoms with E-state index >= 15 is 0 Å². The lowest BCUT2D eigenvalue weighted by Crippen LogP contribution is -2.48. The molecule has 2 aliphatic heterocycles. The van der Waals surface area contributed by atoms with Crippen LogP contribution in [0.5, 0.6) is 0 Å². The van der Waals surface area contributed by atoms with Crippen molar-refractivity contribution in [2.24, 2.45) is 5.92 Å². The SMILES string of the molecule is CC[C@H](C(=O)O)N1CCC[C@H](CN2CCCCCC2)C1. The van der Waals surface area contributed by atoms with Crippen molar-refractivity contribution >= 4 is 5.97 Å². The molecule has 0 spiro atoms. The molecule has 1 N–H and O–H groups in total. The highest BCUT2D eigenvalue weighted by Crippen LogP contribution is 2.22. The molecule has 0 saturated carbocycles. The minimum atomic E-state index is -0.650. The van der Waals surface area contributed by atoms with E-state index in [1.165, 1.54) is 51.7 Å². The number of nitrogens with zero attached hydrogens (tertiary/aromatic N) is 2. The first-order valence-electron chi connectivity index (χ1n) is 8.40. The van der Waals surface area contributed by atoms with Crippen LogP contribution in [0.1, 0.15) is 51.9 Å². The zero-order chi connectivity index (χ0) is 14.4. The Hall–Kier alpha value is -0.610. The second kappa shape index (κ2) is 7.99. The Labute approximate surface area is 123 Å². The average Bonchev–Trinajstić information content (AvgIpc) is 2.68. The molecule has 4 nitrogen and oxygen atoms in total. The second-order valence-corrected chi connectivity index (χ2v) is 6.48. The number of carboxylic acid groups (broad SMARTS) is 1. The van der Waals surface area contributed by atoms with Gasteiger partial charge < -0.3 is 10.0 Å². The van der Waals surface area contributed by atoms with Crippen LogP contribution >= 0.6 is 0 Å². The molecule has 0 aromatic heterocycles. The number of carboxylic acids is 1. The number of hydrogen-bond acceptors (Lipinski definition) is 3. The zero-order valence-electron chi connectivity index (χ0n) is 12.9. The molecule has 2 aliphatic rings. The van der Waals surface area contributed by atoms with Crippen molar-refractivity contribution in [2.75, 3.05) is 32.7 Å². The fraction of sp³-hybridized carbons (Fsp3) is 0.938. The molecule has 2 atom stereocenters. The van der Waals surface area contributed by atoms with Gasteiger partial charge >= 0.3 is 5.97 Å². The summed E-state index contributed by atoms with van der Waals surface area (Å²) in [4.78, 5) is 16.1. The van der Waals surface area contributed by atoms with Crippen LogP contribution in [-0.4, -0.2) is 59.6 Å². The van der Waals surface area contributed by atoms with Crippen molar-refractivity contribution in [1.82, 2.24) is 9.80 Å². The first-order chi connectivity index (χ1) is 9.70. The maximum atomic E-state index is 11.3. The first kappa shape index (κ1) is 15.8. The largest absolute Gasteiger partial charge is 0.480 e.